The van der Waals surface area contributed by atoms with Crippen molar-refractivity contribution in [1.82, 2.24) is 4.90 Å². The van der Waals surface area contributed by atoms with Crippen molar-refractivity contribution in [2.45, 2.75) is 51.5 Å². The fourth-order valence-corrected chi connectivity index (χ4v) is 5.81. The van der Waals surface area contributed by atoms with Crippen molar-refractivity contribution in [3.05, 3.63) is 101 Å². The molecule has 1 fully saturated rings. The van der Waals surface area contributed by atoms with Crippen LogP contribution in [0, 0.1) is 0 Å². The average molecular weight is 534 g/mol. The second-order valence-electron chi connectivity index (χ2n) is 10.4. The number of likely N-dealkylation sites (tertiary alicyclic amines) is 1. The van der Waals surface area contributed by atoms with Gasteiger partial charge in [-0.15, -0.1) is 0 Å². The maximum absolute atomic E-state index is 11.6. The van der Waals surface area contributed by atoms with Crippen LogP contribution >= 0.6 is 0 Å². The van der Waals surface area contributed by atoms with E-state index in [9.17, 15) is 13.5 Å². The summed E-state index contributed by atoms with van der Waals surface area (Å²) in [5.41, 5.74) is 6.79. The fraction of sp³-hybridized carbons (Fsp3) is 0.375. The van der Waals surface area contributed by atoms with Crippen LogP contribution < -0.4 is 4.18 Å². The Bertz CT molecular complexity index is 1310. The third-order valence-corrected chi connectivity index (χ3v) is 7.83. The number of rotatable bonds is 10. The molecule has 3 aromatic carbocycles. The number of aliphatic hydroxyl groups is 1. The van der Waals surface area contributed by atoms with Crippen molar-refractivity contribution in [3.8, 4) is 5.75 Å². The number of hydrogen-bond donors (Lipinski definition) is 1. The summed E-state index contributed by atoms with van der Waals surface area (Å²) in [6, 6.07) is 27.0. The Morgan fingerprint density at radius 2 is 1.47 bits per heavy atom. The van der Waals surface area contributed by atoms with Crippen LogP contribution in [0.2, 0.25) is 0 Å². The Labute approximate surface area is 227 Å². The molecule has 0 amide bonds. The molecule has 0 saturated carbocycles. The Balaban J connectivity index is 1.73. The monoisotopic (exact) mass is 533 g/mol. The first-order valence-electron chi connectivity index (χ1n) is 13.5. The lowest BCUT2D eigenvalue weighted by Gasteiger charge is -2.34. The van der Waals surface area contributed by atoms with Gasteiger partial charge in [0, 0.05) is 12.6 Å². The van der Waals surface area contributed by atoms with Crippen molar-refractivity contribution in [2.24, 2.45) is 0 Å². The van der Waals surface area contributed by atoms with Crippen LogP contribution in [0.25, 0.3) is 11.1 Å². The Morgan fingerprint density at radius 1 is 0.895 bits per heavy atom. The molecule has 0 spiro atoms. The van der Waals surface area contributed by atoms with E-state index in [1.165, 1.54) is 18.4 Å². The molecule has 4 rings (SSSR count). The summed E-state index contributed by atoms with van der Waals surface area (Å²) in [6.45, 7) is 6.92. The van der Waals surface area contributed by atoms with Gasteiger partial charge in [-0.1, -0.05) is 66.7 Å². The normalized spacial score (nSPS) is 15.9. The summed E-state index contributed by atoms with van der Waals surface area (Å²) >= 11 is 0. The van der Waals surface area contributed by atoms with E-state index in [2.05, 4.69) is 55.1 Å². The standard InChI is InChI=1S/C32H39NO4S/c1-24(2)33-21-19-26(20-22-33)25-11-13-28(14-12-25)32(29-15-17-30(18-16-29)37-38(3,35)36)31(10-7-23-34)27-8-5-4-6-9-27/h4-6,8-9,11-18,24,26,34H,7,10,19-23H2,1-3H3/b32-31+. The van der Waals surface area contributed by atoms with Crippen LogP contribution in [0.4, 0.5) is 0 Å². The molecule has 0 bridgehead atoms. The summed E-state index contributed by atoms with van der Waals surface area (Å²) in [4.78, 5) is 2.55. The minimum atomic E-state index is -3.60. The van der Waals surface area contributed by atoms with E-state index in [0.717, 1.165) is 47.2 Å². The van der Waals surface area contributed by atoms with Crippen LogP contribution in [0.5, 0.6) is 5.75 Å². The quantitative estimate of drug-likeness (QED) is 0.243. The molecule has 0 atom stereocenters. The number of benzene rings is 3. The van der Waals surface area contributed by atoms with Crippen LogP contribution in [-0.2, 0) is 10.1 Å². The van der Waals surface area contributed by atoms with Gasteiger partial charge in [-0.3, -0.25) is 0 Å². The minimum Gasteiger partial charge on any atom is -0.396 e. The predicted octanol–water partition coefficient (Wildman–Crippen LogP) is 6.34. The third kappa shape index (κ3) is 7.34. The molecular formula is C32H39NO4S. The van der Waals surface area contributed by atoms with Gasteiger partial charge in [0.1, 0.15) is 5.75 Å². The molecule has 0 aromatic heterocycles. The molecule has 202 valence electrons. The SMILES string of the molecule is CC(C)N1CCC(c2ccc(/C(=C(/CCCO)c3ccccc3)c3ccc(OS(C)(=O)=O)cc3)cc2)CC1. The zero-order valence-corrected chi connectivity index (χ0v) is 23.5. The van der Waals surface area contributed by atoms with Crippen molar-refractivity contribution < 1.29 is 17.7 Å². The van der Waals surface area contributed by atoms with E-state index in [4.69, 9.17) is 4.18 Å². The lowest BCUT2D eigenvalue weighted by Crippen LogP contribution is -2.37. The molecule has 1 aliphatic rings. The highest BCUT2D eigenvalue weighted by molar-refractivity contribution is 7.86. The lowest BCUT2D eigenvalue weighted by molar-refractivity contribution is 0.172. The maximum Gasteiger partial charge on any atom is 0.306 e. The first-order valence-corrected chi connectivity index (χ1v) is 15.3. The summed E-state index contributed by atoms with van der Waals surface area (Å²) < 4.78 is 28.3. The van der Waals surface area contributed by atoms with Crippen molar-refractivity contribution in [2.75, 3.05) is 26.0 Å². The summed E-state index contributed by atoms with van der Waals surface area (Å²) in [5.74, 6) is 0.859. The molecule has 0 unspecified atom stereocenters. The smallest absolute Gasteiger partial charge is 0.306 e. The lowest BCUT2D eigenvalue weighted by atomic mass is 9.85. The van der Waals surface area contributed by atoms with Gasteiger partial charge >= 0.3 is 10.1 Å². The Morgan fingerprint density at radius 3 is 2.00 bits per heavy atom. The van der Waals surface area contributed by atoms with E-state index in [1.54, 1.807) is 12.1 Å². The van der Waals surface area contributed by atoms with E-state index in [1.807, 2.05) is 30.3 Å². The van der Waals surface area contributed by atoms with Crippen molar-refractivity contribution >= 4 is 21.3 Å². The van der Waals surface area contributed by atoms with Crippen LogP contribution in [0.1, 0.15) is 67.7 Å². The third-order valence-electron chi connectivity index (χ3n) is 7.33. The number of aliphatic hydroxyl groups excluding tert-OH is 1. The van der Waals surface area contributed by atoms with Gasteiger partial charge in [0.2, 0.25) is 0 Å². The molecular weight excluding hydrogens is 494 g/mol. The number of piperidine rings is 1. The summed E-state index contributed by atoms with van der Waals surface area (Å²) in [6.07, 6.45) is 4.76. The number of hydrogen-bond acceptors (Lipinski definition) is 5. The highest BCUT2D eigenvalue weighted by Gasteiger charge is 2.22. The van der Waals surface area contributed by atoms with E-state index < -0.39 is 10.1 Å². The largest absolute Gasteiger partial charge is 0.396 e. The molecule has 5 nitrogen and oxygen atoms in total. The Hall–Kier alpha value is -2.93. The zero-order chi connectivity index (χ0) is 27.1. The molecule has 1 heterocycles. The molecule has 0 aliphatic carbocycles. The second-order valence-corrected chi connectivity index (χ2v) is 12.0. The van der Waals surface area contributed by atoms with Gasteiger partial charge in [-0.25, -0.2) is 0 Å². The topological polar surface area (TPSA) is 66.8 Å². The van der Waals surface area contributed by atoms with Gasteiger partial charge in [0.25, 0.3) is 0 Å². The molecule has 1 saturated heterocycles. The van der Waals surface area contributed by atoms with Crippen molar-refractivity contribution in [3.63, 3.8) is 0 Å². The first-order chi connectivity index (χ1) is 18.2. The van der Waals surface area contributed by atoms with Crippen LogP contribution in [0.3, 0.4) is 0 Å². The maximum atomic E-state index is 11.6. The van der Waals surface area contributed by atoms with Crippen LogP contribution in [-0.4, -0.2) is 50.4 Å². The highest BCUT2D eigenvalue weighted by Crippen LogP contribution is 2.37. The minimum absolute atomic E-state index is 0.110. The van der Waals surface area contributed by atoms with E-state index >= 15 is 0 Å². The van der Waals surface area contributed by atoms with Crippen LogP contribution in [0.15, 0.2) is 78.9 Å². The predicted molar refractivity (Wildman–Crippen MR) is 156 cm³/mol. The molecule has 1 N–H and O–H groups in total. The summed E-state index contributed by atoms with van der Waals surface area (Å²) in [5, 5.41) is 9.66. The summed E-state index contributed by atoms with van der Waals surface area (Å²) in [7, 11) is -3.60. The highest BCUT2D eigenvalue weighted by atomic mass is 32.2. The fourth-order valence-electron chi connectivity index (χ4n) is 5.35. The van der Waals surface area contributed by atoms with Gasteiger partial charge in [-0.2, -0.15) is 8.42 Å². The second kappa shape index (κ2) is 12.7. The Kier molecular flexibility index (Phi) is 9.42. The molecule has 1 aliphatic heterocycles. The van der Waals surface area contributed by atoms with Gasteiger partial charge in [0.15, 0.2) is 0 Å². The molecule has 0 radical (unpaired) electrons. The molecule has 38 heavy (non-hydrogen) atoms. The van der Waals surface area contributed by atoms with Crippen molar-refractivity contribution in [1.29, 1.82) is 0 Å². The first kappa shape index (κ1) is 28.1. The molecule has 6 heteroatoms. The average Bonchev–Trinajstić information content (AvgIpc) is 2.91. The van der Waals surface area contributed by atoms with E-state index in [0.29, 0.717) is 24.8 Å². The van der Waals surface area contributed by atoms with E-state index in [-0.39, 0.29) is 12.4 Å². The molecule has 3 aromatic rings. The number of allylic oxidation sites excluding steroid dienone is 1. The number of nitrogens with zero attached hydrogens (tertiary/aromatic N) is 1. The van der Waals surface area contributed by atoms with Gasteiger partial charge < -0.3 is 14.2 Å². The van der Waals surface area contributed by atoms with Gasteiger partial charge in [0.05, 0.1) is 6.26 Å². The zero-order valence-electron chi connectivity index (χ0n) is 22.6. The van der Waals surface area contributed by atoms with Gasteiger partial charge in [-0.05, 0) is 104 Å².